The number of fused-ring (bicyclic) bond motifs is 2. The lowest BCUT2D eigenvalue weighted by Crippen LogP contribution is -2.46. The number of benzene rings is 2. The highest BCUT2D eigenvalue weighted by atomic mass is 32.2. The highest BCUT2D eigenvalue weighted by Gasteiger charge is 2.33. The average molecular weight is 496 g/mol. The van der Waals surface area contributed by atoms with E-state index in [1.807, 2.05) is 30.5 Å². The van der Waals surface area contributed by atoms with Gasteiger partial charge in [-0.05, 0) is 67.6 Å². The van der Waals surface area contributed by atoms with Gasteiger partial charge in [-0.2, -0.15) is 4.31 Å². The molecule has 5 rings (SSSR count). The molecule has 0 radical (unpaired) electrons. The number of amides is 1. The van der Waals surface area contributed by atoms with E-state index in [0.29, 0.717) is 24.4 Å². The van der Waals surface area contributed by atoms with E-state index in [9.17, 15) is 13.2 Å². The zero-order valence-electron chi connectivity index (χ0n) is 20.4. The number of para-hydroxylation sites is 1. The van der Waals surface area contributed by atoms with Crippen LogP contribution in [0, 0.1) is 0 Å². The molecule has 1 amide bonds. The Labute approximate surface area is 207 Å². The normalized spacial score (nSPS) is 17.7. The highest BCUT2D eigenvalue weighted by Crippen LogP contribution is 2.30. The van der Waals surface area contributed by atoms with E-state index < -0.39 is 10.0 Å². The van der Waals surface area contributed by atoms with Gasteiger partial charge < -0.3 is 14.2 Å². The number of sulfonamides is 1. The SMILES string of the molecule is CC(=O)N1CCc2c(cccc2S(=O)(=O)N(C)C2CCN(CCc3coc4ccccc34)CC2)C1. The van der Waals surface area contributed by atoms with E-state index in [4.69, 9.17) is 4.42 Å². The van der Waals surface area contributed by atoms with Crippen molar-refractivity contribution in [3.63, 3.8) is 0 Å². The number of likely N-dealkylation sites (tertiary alicyclic amines) is 1. The zero-order chi connectivity index (χ0) is 24.6. The number of carbonyl (C=O) groups is 1. The van der Waals surface area contributed by atoms with E-state index in [1.165, 1.54) is 10.9 Å². The summed E-state index contributed by atoms with van der Waals surface area (Å²) in [5.41, 5.74) is 3.94. The minimum Gasteiger partial charge on any atom is -0.464 e. The summed E-state index contributed by atoms with van der Waals surface area (Å²) in [5, 5.41) is 1.17. The first-order valence-corrected chi connectivity index (χ1v) is 13.8. The van der Waals surface area contributed by atoms with Gasteiger partial charge in [0.1, 0.15) is 5.58 Å². The fourth-order valence-corrected chi connectivity index (χ4v) is 7.16. The maximum Gasteiger partial charge on any atom is 0.243 e. The Hall–Kier alpha value is -2.68. The summed E-state index contributed by atoms with van der Waals surface area (Å²) in [6.07, 6.45) is 4.97. The Balaban J connectivity index is 1.22. The van der Waals surface area contributed by atoms with Gasteiger partial charge in [0, 0.05) is 45.0 Å². The number of rotatable bonds is 6. The lowest BCUT2D eigenvalue weighted by atomic mass is 10.00. The first-order valence-electron chi connectivity index (χ1n) is 12.4. The first-order chi connectivity index (χ1) is 16.8. The number of nitrogens with zero attached hydrogens (tertiary/aromatic N) is 3. The van der Waals surface area contributed by atoms with Crippen LogP contribution < -0.4 is 0 Å². The number of piperidine rings is 1. The molecule has 2 aromatic carbocycles. The second-order valence-electron chi connectivity index (χ2n) is 9.69. The molecule has 3 heterocycles. The molecule has 7 nitrogen and oxygen atoms in total. The fourth-order valence-electron chi connectivity index (χ4n) is 5.45. The Morgan fingerprint density at radius 2 is 1.86 bits per heavy atom. The molecule has 0 spiro atoms. The zero-order valence-corrected chi connectivity index (χ0v) is 21.3. The largest absolute Gasteiger partial charge is 0.464 e. The fraction of sp³-hybridized carbons (Fsp3) is 0.444. The van der Waals surface area contributed by atoms with Gasteiger partial charge in [-0.15, -0.1) is 0 Å². The third-order valence-corrected chi connectivity index (χ3v) is 9.65. The molecule has 0 atom stereocenters. The molecule has 0 N–H and O–H groups in total. The Morgan fingerprint density at radius 3 is 2.63 bits per heavy atom. The Kier molecular flexibility index (Phi) is 6.70. The van der Waals surface area contributed by atoms with Gasteiger partial charge in [0.25, 0.3) is 0 Å². The monoisotopic (exact) mass is 495 g/mol. The van der Waals surface area contributed by atoms with Crippen molar-refractivity contribution in [1.82, 2.24) is 14.1 Å². The van der Waals surface area contributed by atoms with Gasteiger partial charge in [0.15, 0.2) is 0 Å². The summed E-state index contributed by atoms with van der Waals surface area (Å²) >= 11 is 0. The first kappa shape index (κ1) is 24.0. The van der Waals surface area contributed by atoms with Crippen molar-refractivity contribution in [2.45, 2.75) is 50.1 Å². The Bertz CT molecular complexity index is 1330. The van der Waals surface area contributed by atoms with Crippen LogP contribution in [0.15, 0.2) is 58.0 Å². The standard InChI is InChI=1S/C27H33N3O4S/c1-20(31)30-17-13-25-21(18-30)6-5-9-27(25)35(32,33)28(2)23-11-15-29(16-12-23)14-10-22-19-34-26-8-4-3-7-24(22)26/h3-9,19,23H,10-18H2,1-2H3. The van der Waals surface area contributed by atoms with E-state index >= 15 is 0 Å². The second kappa shape index (κ2) is 9.76. The molecular formula is C27H33N3O4S. The maximum atomic E-state index is 13.6. The smallest absolute Gasteiger partial charge is 0.243 e. The van der Waals surface area contributed by atoms with Crippen LogP contribution in [0.4, 0.5) is 0 Å². The predicted octanol–water partition coefficient (Wildman–Crippen LogP) is 3.67. The van der Waals surface area contributed by atoms with E-state index in [-0.39, 0.29) is 11.9 Å². The number of carbonyl (C=O) groups excluding carboxylic acids is 1. The molecule has 186 valence electrons. The van der Waals surface area contributed by atoms with Gasteiger partial charge in [-0.3, -0.25) is 4.79 Å². The molecule has 8 heteroatoms. The van der Waals surface area contributed by atoms with Crippen LogP contribution in [0.1, 0.15) is 36.5 Å². The maximum absolute atomic E-state index is 13.6. The van der Waals surface area contributed by atoms with Gasteiger partial charge >= 0.3 is 0 Å². The van der Waals surface area contributed by atoms with Crippen molar-refractivity contribution in [2.75, 3.05) is 33.2 Å². The molecule has 1 fully saturated rings. The molecule has 0 bridgehead atoms. The summed E-state index contributed by atoms with van der Waals surface area (Å²) in [5.74, 6) is 0.0220. The number of hydrogen-bond donors (Lipinski definition) is 0. The minimum atomic E-state index is -3.61. The van der Waals surface area contributed by atoms with Crippen molar-refractivity contribution in [1.29, 1.82) is 0 Å². The quantitative estimate of drug-likeness (QED) is 0.522. The molecule has 2 aliphatic rings. The van der Waals surface area contributed by atoms with Gasteiger partial charge in [0.05, 0.1) is 11.2 Å². The lowest BCUT2D eigenvalue weighted by Gasteiger charge is -2.37. The number of hydrogen-bond acceptors (Lipinski definition) is 5. The summed E-state index contributed by atoms with van der Waals surface area (Å²) < 4.78 is 34.5. The third kappa shape index (κ3) is 4.75. The van der Waals surface area contributed by atoms with Crippen LogP contribution in [-0.2, 0) is 34.2 Å². The van der Waals surface area contributed by atoms with Crippen molar-refractivity contribution in [3.8, 4) is 0 Å². The molecular weight excluding hydrogens is 462 g/mol. The van der Waals surface area contributed by atoms with Gasteiger partial charge in [-0.25, -0.2) is 8.42 Å². The molecule has 0 saturated carbocycles. The van der Waals surface area contributed by atoms with Crippen molar-refractivity contribution >= 4 is 26.9 Å². The summed E-state index contributed by atoms with van der Waals surface area (Å²) in [4.78, 5) is 16.4. The molecule has 0 unspecified atom stereocenters. The molecule has 1 aromatic heterocycles. The van der Waals surface area contributed by atoms with Crippen molar-refractivity contribution < 1.29 is 17.6 Å². The van der Waals surface area contributed by atoms with Crippen LogP contribution >= 0.6 is 0 Å². The van der Waals surface area contributed by atoms with Crippen LogP contribution in [0.2, 0.25) is 0 Å². The highest BCUT2D eigenvalue weighted by molar-refractivity contribution is 7.89. The molecule has 0 aliphatic carbocycles. The van der Waals surface area contributed by atoms with E-state index in [2.05, 4.69) is 11.0 Å². The van der Waals surface area contributed by atoms with Crippen molar-refractivity contribution in [3.05, 3.63) is 65.4 Å². The van der Waals surface area contributed by atoms with Crippen LogP contribution in [-0.4, -0.2) is 67.7 Å². The van der Waals surface area contributed by atoms with Crippen molar-refractivity contribution in [2.24, 2.45) is 0 Å². The number of furan rings is 1. The predicted molar refractivity (Wildman–Crippen MR) is 136 cm³/mol. The summed E-state index contributed by atoms with van der Waals surface area (Å²) in [6, 6.07) is 13.5. The molecule has 1 saturated heterocycles. The molecule has 3 aromatic rings. The Morgan fingerprint density at radius 1 is 1.09 bits per heavy atom. The van der Waals surface area contributed by atoms with Crippen LogP contribution in [0.5, 0.6) is 0 Å². The minimum absolute atomic E-state index is 0.0147. The van der Waals surface area contributed by atoms with Gasteiger partial charge in [0.2, 0.25) is 15.9 Å². The van der Waals surface area contributed by atoms with Crippen LogP contribution in [0.3, 0.4) is 0 Å². The third-order valence-electron chi connectivity index (χ3n) is 7.66. The topological polar surface area (TPSA) is 74.1 Å². The summed E-state index contributed by atoms with van der Waals surface area (Å²) in [7, 11) is -1.89. The lowest BCUT2D eigenvalue weighted by molar-refractivity contribution is -0.129. The van der Waals surface area contributed by atoms with Gasteiger partial charge in [-0.1, -0.05) is 30.3 Å². The molecule has 35 heavy (non-hydrogen) atoms. The molecule has 2 aliphatic heterocycles. The van der Waals surface area contributed by atoms with E-state index in [0.717, 1.165) is 55.6 Å². The van der Waals surface area contributed by atoms with Crippen LogP contribution in [0.25, 0.3) is 11.0 Å². The average Bonchev–Trinajstić information content (AvgIpc) is 3.29. The second-order valence-corrected chi connectivity index (χ2v) is 11.7. The van der Waals surface area contributed by atoms with E-state index in [1.54, 1.807) is 35.3 Å². The summed E-state index contributed by atoms with van der Waals surface area (Å²) in [6.45, 7) is 5.28.